The Bertz CT molecular complexity index is 582. The van der Waals surface area contributed by atoms with Crippen molar-refractivity contribution in [2.24, 2.45) is 0 Å². The van der Waals surface area contributed by atoms with Crippen LogP contribution in [0, 0.1) is 17.0 Å². The molecule has 0 saturated carbocycles. The Morgan fingerprint density at radius 3 is 2.81 bits per heavy atom. The quantitative estimate of drug-likeness (QED) is 0.640. The van der Waals surface area contributed by atoms with Crippen LogP contribution in [-0.4, -0.2) is 48.9 Å². The molecule has 21 heavy (non-hydrogen) atoms. The van der Waals surface area contributed by atoms with Gasteiger partial charge in [0.2, 0.25) is 11.7 Å². The zero-order chi connectivity index (χ0) is 15.6. The lowest BCUT2D eigenvalue weighted by molar-refractivity contribution is -0.389. The normalized spacial score (nSPS) is 18.5. The van der Waals surface area contributed by atoms with Gasteiger partial charge in [-0.25, -0.2) is 4.79 Å². The predicted molar refractivity (Wildman–Crippen MR) is 70.6 cm³/mol. The Labute approximate surface area is 120 Å². The maximum absolute atomic E-state index is 12.3. The number of aryl methyl sites for hydroxylation is 1. The molecule has 0 aliphatic carbocycles. The number of carbonyl (C=O) groups is 2. The van der Waals surface area contributed by atoms with Crippen molar-refractivity contribution in [3.05, 3.63) is 22.1 Å². The minimum Gasteiger partial charge on any atom is -0.480 e. The summed E-state index contributed by atoms with van der Waals surface area (Å²) in [6.45, 7) is 1.81. The number of hydrogen-bond acceptors (Lipinski definition) is 5. The van der Waals surface area contributed by atoms with Crippen molar-refractivity contribution in [3.8, 4) is 0 Å². The average Bonchev–Trinajstić information content (AvgIpc) is 2.80. The van der Waals surface area contributed by atoms with Crippen LogP contribution in [0.1, 0.15) is 25.1 Å². The van der Waals surface area contributed by atoms with Gasteiger partial charge in [0.15, 0.2) is 0 Å². The van der Waals surface area contributed by atoms with E-state index in [2.05, 4.69) is 4.98 Å². The molecule has 1 fully saturated rings. The summed E-state index contributed by atoms with van der Waals surface area (Å²) in [6.07, 6.45) is 3.16. The Balaban J connectivity index is 2.13. The van der Waals surface area contributed by atoms with Gasteiger partial charge in [0, 0.05) is 13.5 Å². The van der Waals surface area contributed by atoms with Gasteiger partial charge < -0.3 is 20.1 Å². The summed E-state index contributed by atoms with van der Waals surface area (Å²) in [5.41, 5.74) is 0. The third-order valence-electron chi connectivity index (χ3n) is 3.56. The van der Waals surface area contributed by atoms with E-state index in [1.807, 2.05) is 0 Å². The van der Waals surface area contributed by atoms with Gasteiger partial charge in [0.1, 0.15) is 18.8 Å². The fourth-order valence-corrected chi connectivity index (χ4v) is 2.46. The Morgan fingerprint density at radius 1 is 1.52 bits per heavy atom. The van der Waals surface area contributed by atoms with E-state index in [4.69, 9.17) is 5.11 Å². The molecule has 0 spiro atoms. The number of carboxylic acids is 1. The van der Waals surface area contributed by atoms with Crippen molar-refractivity contribution >= 4 is 17.7 Å². The van der Waals surface area contributed by atoms with Crippen LogP contribution in [0.5, 0.6) is 0 Å². The second kappa shape index (κ2) is 5.90. The highest BCUT2D eigenvalue weighted by atomic mass is 16.6. The van der Waals surface area contributed by atoms with E-state index in [9.17, 15) is 19.7 Å². The number of likely N-dealkylation sites (tertiary alicyclic amines) is 1. The van der Waals surface area contributed by atoms with E-state index in [0.717, 1.165) is 12.8 Å². The van der Waals surface area contributed by atoms with E-state index in [1.165, 1.54) is 15.7 Å². The molecular weight excluding hydrogens is 280 g/mol. The van der Waals surface area contributed by atoms with Crippen molar-refractivity contribution in [3.63, 3.8) is 0 Å². The molecule has 2 heterocycles. The topological polar surface area (TPSA) is 119 Å². The summed E-state index contributed by atoms with van der Waals surface area (Å²) in [4.78, 5) is 38.5. The molecule has 0 aromatic carbocycles. The second-order valence-electron chi connectivity index (χ2n) is 4.97. The molecule has 9 nitrogen and oxygen atoms in total. The van der Waals surface area contributed by atoms with Gasteiger partial charge in [-0.05, 0) is 29.2 Å². The van der Waals surface area contributed by atoms with Gasteiger partial charge in [-0.15, -0.1) is 0 Å². The molecule has 114 valence electrons. The van der Waals surface area contributed by atoms with E-state index >= 15 is 0 Å². The van der Waals surface area contributed by atoms with Crippen LogP contribution in [0.25, 0.3) is 0 Å². The highest BCUT2D eigenvalue weighted by Crippen LogP contribution is 2.18. The van der Waals surface area contributed by atoms with Gasteiger partial charge in [0.05, 0.1) is 0 Å². The molecule has 9 heteroatoms. The minimum atomic E-state index is -1.02. The summed E-state index contributed by atoms with van der Waals surface area (Å²) in [7, 11) is 0. The number of carbonyl (C=O) groups excluding carboxylic acids is 1. The highest BCUT2D eigenvalue weighted by Gasteiger charge is 2.32. The number of imidazole rings is 1. The summed E-state index contributed by atoms with van der Waals surface area (Å²) in [5.74, 6) is -1.36. The number of nitro groups is 1. The molecule has 1 aromatic heterocycles. The van der Waals surface area contributed by atoms with E-state index in [0.29, 0.717) is 18.8 Å². The molecule has 0 unspecified atom stereocenters. The maximum atomic E-state index is 12.3. The molecule has 2 rings (SSSR count). The van der Waals surface area contributed by atoms with E-state index in [-0.39, 0.29) is 18.3 Å². The number of nitrogens with zero attached hydrogens (tertiary/aromatic N) is 4. The number of piperidine rings is 1. The number of carboxylic acid groups (broad SMARTS) is 1. The lowest BCUT2D eigenvalue weighted by Crippen LogP contribution is -2.49. The van der Waals surface area contributed by atoms with Crippen molar-refractivity contribution < 1.29 is 19.6 Å². The van der Waals surface area contributed by atoms with Crippen LogP contribution in [-0.2, 0) is 16.1 Å². The molecule has 0 bridgehead atoms. The first-order chi connectivity index (χ1) is 9.90. The second-order valence-corrected chi connectivity index (χ2v) is 4.97. The first-order valence-electron chi connectivity index (χ1n) is 6.60. The Hall–Kier alpha value is -2.45. The third kappa shape index (κ3) is 3.18. The van der Waals surface area contributed by atoms with Crippen LogP contribution in [0.2, 0.25) is 0 Å². The van der Waals surface area contributed by atoms with Gasteiger partial charge in [-0.2, -0.15) is 0 Å². The van der Waals surface area contributed by atoms with Crippen molar-refractivity contribution in [1.82, 2.24) is 14.5 Å². The molecule has 1 saturated heterocycles. The van der Waals surface area contributed by atoms with Crippen molar-refractivity contribution in [1.29, 1.82) is 0 Å². The van der Waals surface area contributed by atoms with Gasteiger partial charge in [0.25, 0.3) is 0 Å². The first-order valence-corrected chi connectivity index (χ1v) is 6.60. The third-order valence-corrected chi connectivity index (χ3v) is 3.56. The number of hydrogen-bond donors (Lipinski definition) is 1. The number of rotatable bonds is 4. The zero-order valence-electron chi connectivity index (χ0n) is 11.6. The SMILES string of the molecule is Cc1nc([N+](=O)[O-])cn1CC(=O)N1CCCC[C@@H]1C(=O)O. The highest BCUT2D eigenvalue weighted by molar-refractivity contribution is 5.83. The molecule has 1 aliphatic heterocycles. The molecule has 1 N–H and O–H groups in total. The summed E-state index contributed by atoms with van der Waals surface area (Å²) >= 11 is 0. The van der Waals surface area contributed by atoms with Gasteiger partial charge in [-0.1, -0.05) is 0 Å². The van der Waals surface area contributed by atoms with Crippen LogP contribution in [0.4, 0.5) is 5.82 Å². The lowest BCUT2D eigenvalue weighted by Gasteiger charge is -2.33. The fourth-order valence-electron chi connectivity index (χ4n) is 2.46. The zero-order valence-corrected chi connectivity index (χ0v) is 11.6. The molecular formula is C12H16N4O5. The molecule has 1 aromatic rings. The first kappa shape index (κ1) is 14.9. The maximum Gasteiger partial charge on any atom is 0.381 e. The molecule has 1 amide bonds. The summed E-state index contributed by atoms with van der Waals surface area (Å²) in [6, 6.07) is -0.815. The molecule has 1 atom stereocenters. The van der Waals surface area contributed by atoms with Crippen LogP contribution in [0.3, 0.4) is 0 Å². The number of aliphatic carboxylic acids is 1. The molecule has 1 aliphatic rings. The van der Waals surface area contributed by atoms with Crippen molar-refractivity contribution in [2.45, 2.75) is 38.8 Å². The number of aromatic nitrogens is 2. The average molecular weight is 296 g/mol. The summed E-state index contributed by atoms with van der Waals surface area (Å²) in [5, 5.41) is 19.8. The lowest BCUT2D eigenvalue weighted by atomic mass is 10.0. The Kier molecular flexibility index (Phi) is 4.20. The summed E-state index contributed by atoms with van der Waals surface area (Å²) < 4.78 is 1.37. The predicted octanol–water partition coefficient (Wildman–Crippen LogP) is 0.565. The fraction of sp³-hybridized carbons (Fsp3) is 0.583. The van der Waals surface area contributed by atoms with E-state index in [1.54, 1.807) is 6.92 Å². The van der Waals surface area contributed by atoms with E-state index < -0.39 is 16.9 Å². The standard InChI is InChI=1S/C12H16N4O5/c1-8-13-10(16(20)21)6-14(8)7-11(17)15-5-3-2-4-9(15)12(18)19/h6,9H,2-5,7H2,1H3,(H,18,19)/t9-/m1/s1. The van der Waals surface area contributed by atoms with Gasteiger partial charge in [-0.3, -0.25) is 9.36 Å². The van der Waals surface area contributed by atoms with Crippen LogP contribution < -0.4 is 0 Å². The van der Waals surface area contributed by atoms with Crippen LogP contribution >= 0.6 is 0 Å². The number of amides is 1. The minimum absolute atomic E-state index is 0.142. The van der Waals surface area contributed by atoms with Crippen LogP contribution in [0.15, 0.2) is 6.20 Å². The Morgan fingerprint density at radius 2 is 2.24 bits per heavy atom. The van der Waals surface area contributed by atoms with Gasteiger partial charge >= 0.3 is 11.8 Å². The smallest absolute Gasteiger partial charge is 0.381 e. The largest absolute Gasteiger partial charge is 0.480 e. The monoisotopic (exact) mass is 296 g/mol. The molecule has 0 radical (unpaired) electrons. The van der Waals surface area contributed by atoms with Crippen molar-refractivity contribution in [2.75, 3.05) is 6.54 Å².